The van der Waals surface area contributed by atoms with Gasteiger partial charge in [0.1, 0.15) is 0 Å². The second kappa shape index (κ2) is 6.87. The van der Waals surface area contributed by atoms with Gasteiger partial charge in [0.2, 0.25) is 0 Å². The van der Waals surface area contributed by atoms with E-state index in [1.165, 1.54) is 0 Å². The van der Waals surface area contributed by atoms with E-state index in [0.29, 0.717) is 6.61 Å². The Morgan fingerprint density at radius 3 is 2.59 bits per heavy atom. The molecule has 0 amide bonds. The molecule has 1 atom stereocenters. The van der Waals surface area contributed by atoms with E-state index in [-0.39, 0.29) is 6.04 Å². The molecule has 4 heteroatoms. The molecule has 2 N–H and O–H groups in total. The van der Waals surface area contributed by atoms with Crippen LogP contribution in [0.5, 0.6) is 11.5 Å². The van der Waals surface area contributed by atoms with Gasteiger partial charge in [-0.2, -0.15) is 0 Å². The molecule has 0 saturated carbocycles. The van der Waals surface area contributed by atoms with Crippen LogP contribution in [0.1, 0.15) is 25.8 Å². The highest BCUT2D eigenvalue weighted by Gasteiger charge is 2.12. The number of benzene rings is 1. The third-order valence-corrected chi connectivity index (χ3v) is 3.19. The van der Waals surface area contributed by atoms with Crippen molar-refractivity contribution < 1.29 is 9.47 Å². The molecule has 1 aromatic carbocycles. The molecular weight excluding hydrogens is 282 g/mol. The summed E-state index contributed by atoms with van der Waals surface area (Å²) < 4.78 is 11.8. The van der Waals surface area contributed by atoms with Gasteiger partial charge in [-0.05, 0) is 53.4 Å². The van der Waals surface area contributed by atoms with Gasteiger partial charge in [-0.15, -0.1) is 0 Å². The summed E-state index contributed by atoms with van der Waals surface area (Å²) in [4.78, 5) is 0. The first-order valence-corrected chi connectivity index (χ1v) is 6.66. The van der Waals surface area contributed by atoms with Gasteiger partial charge in [0.25, 0.3) is 0 Å². The highest BCUT2D eigenvalue weighted by molar-refractivity contribution is 9.10. The maximum Gasteiger partial charge on any atom is 0.175 e. The lowest BCUT2D eigenvalue weighted by atomic mass is 10.0. The average Bonchev–Trinajstić information content (AvgIpc) is 2.32. The van der Waals surface area contributed by atoms with E-state index in [9.17, 15) is 0 Å². The lowest BCUT2D eigenvalue weighted by Gasteiger charge is -2.15. The Hall–Kier alpha value is -0.740. The summed E-state index contributed by atoms with van der Waals surface area (Å²) in [5, 5.41) is 0. The molecule has 0 spiro atoms. The fourth-order valence-corrected chi connectivity index (χ4v) is 2.23. The summed E-state index contributed by atoms with van der Waals surface area (Å²) in [5.41, 5.74) is 7.11. The zero-order chi connectivity index (χ0) is 12.8. The summed E-state index contributed by atoms with van der Waals surface area (Å²) in [6.45, 7) is 4.65. The molecule has 17 heavy (non-hydrogen) atoms. The first kappa shape index (κ1) is 14.3. The van der Waals surface area contributed by atoms with Crippen LogP contribution in [0.25, 0.3) is 0 Å². The van der Waals surface area contributed by atoms with E-state index in [1.807, 2.05) is 19.1 Å². The quantitative estimate of drug-likeness (QED) is 0.878. The summed E-state index contributed by atoms with van der Waals surface area (Å²) in [6, 6.07) is 4.22. The predicted octanol–water partition coefficient (Wildman–Crippen LogP) is 3.14. The normalized spacial score (nSPS) is 12.3. The van der Waals surface area contributed by atoms with Gasteiger partial charge < -0.3 is 15.2 Å². The number of halogens is 1. The Morgan fingerprint density at radius 1 is 1.35 bits per heavy atom. The number of nitrogens with two attached hydrogens (primary N) is 1. The van der Waals surface area contributed by atoms with E-state index < -0.39 is 0 Å². The number of methoxy groups -OCH3 is 1. The third kappa shape index (κ3) is 3.89. The van der Waals surface area contributed by atoms with Gasteiger partial charge in [0.05, 0.1) is 18.2 Å². The monoisotopic (exact) mass is 301 g/mol. The fraction of sp³-hybridized carbons (Fsp3) is 0.538. The molecule has 0 aliphatic rings. The molecule has 1 aromatic rings. The van der Waals surface area contributed by atoms with Crippen LogP contribution >= 0.6 is 15.9 Å². The Kier molecular flexibility index (Phi) is 5.78. The Balaban J connectivity index is 3.00. The zero-order valence-corrected chi connectivity index (χ0v) is 12.2. The molecule has 0 saturated heterocycles. The molecule has 1 rings (SSSR count). The topological polar surface area (TPSA) is 44.5 Å². The number of rotatable bonds is 6. The van der Waals surface area contributed by atoms with E-state index in [4.69, 9.17) is 15.2 Å². The number of ether oxygens (including phenoxy) is 2. The van der Waals surface area contributed by atoms with Crippen molar-refractivity contribution >= 4 is 15.9 Å². The molecule has 0 aliphatic heterocycles. The van der Waals surface area contributed by atoms with Crippen molar-refractivity contribution in [1.82, 2.24) is 0 Å². The van der Waals surface area contributed by atoms with Crippen LogP contribution in [0.4, 0.5) is 0 Å². The first-order chi connectivity index (χ1) is 8.12. The van der Waals surface area contributed by atoms with E-state index in [0.717, 1.165) is 34.4 Å². The van der Waals surface area contributed by atoms with Crippen LogP contribution in [0, 0.1) is 0 Å². The van der Waals surface area contributed by atoms with Crippen LogP contribution < -0.4 is 15.2 Å². The highest BCUT2D eigenvalue weighted by Crippen LogP contribution is 2.36. The van der Waals surface area contributed by atoms with Gasteiger partial charge in [-0.3, -0.25) is 0 Å². The standard InChI is InChI=1S/C13H20BrNO2/c1-4-10(15)6-9-7-11(14)13(17-5-2)12(8-9)16-3/h7-8,10H,4-6,15H2,1-3H3. The summed E-state index contributed by atoms with van der Waals surface area (Å²) >= 11 is 3.51. The van der Waals surface area contributed by atoms with Gasteiger partial charge in [-0.1, -0.05) is 6.92 Å². The summed E-state index contributed by atoms with van der Waals surface area (Å²) in [6.07, 6.45) is 1.81. The lowest BCUT2D eigenvalue weighted by molar-refractivity contribution is 0.308. The highest BCUT2D eigenvalue weighted by atomic mass is 79.9. The zero-order valence-electron chi connectivity index (χ0n) is 10.6. The maximum absolute atomic E-state index is 5.96. The lowest BCUT2D eigenvalue weighted by Crippen LogP contribution is -2.21. The van der Waals surface area contributed by atoms with Crippen molar-refractivity contribution in [2.45, 2.75) is 32.7 Å². The van der Waals surface area contributed by atoms with Crippen LogP contribution in [0.3, 0.4) is 0 Å². The molecule has 0 aromatic heterocycles. The van der Waals surface area contributed by atoms with Crippen molar-refractivity contribution in [3.05, 3.63) is 22.2 Å². The Labute approximate surface area is 111 Å². The second-order valence-electron chi connectivity index (χ2n) is 3.91. The SMILES string of the molecule is CCOc1c(Br)cc(CC(N)CC)cc1OC. The van der Waals surface area contributed by atoms with Crippen molar-refractivity contribution in [3.63, 3.8) is 0 Å². The molecule has 0 radical (unpaired) electrons. The largest absolute Gasteiger partial charge is 0.493 e. The van der Waals surface area contributed by atoms with Gasteiger partial charge >= 0.3 is 0 Å². The minimum Gasteiger partial charge on any atom is -0.493 e. The van der Waals surface area contributed by atoms with Crippen LogP contribution in [0.2, 0.25) is 0 Å². The van der Waals surface area contributed by atoms with Crippen molar-refractivity contribution in [2.75, 3.05) is 13.7 Å². The smallest absolute Gasteiger partial charge is 0.175 e. The molecule has 0 bridgehead atoms. The van der Waals surface area contributed by atoms with Gasteiger partial charge in [0.15, 0.2) is 11.5 Å². The molecule has 1 unspecified atom stereocenters. The predicted molar refractivity (Wildman–Crippen MR) is 73.8 cm³/mol. The number of hydrogen-bond donors (Lipinski definition) is 1. The minimum atomic E-state index is 0.185. The Bertz CT molecular complexity index is 369. The van der Waals surface area contributed by atoms with E-state index in [1.54, 1.807) is 7.11 Å². The molecular formula is C13H20BrNO2. The molecule has 0 aliphatic carbocycles. The van der Waals surface area contributed by atoms with Crippen molar-refractivity contribution in [1.29, 1.82) is 0 Å². The van der Waals surface area contributed by atoms with Gasteiger partial charge in [-0.25, -0.2) is 0 Å². The molecule has 0 fully saturated rings. The van der Waals surface area contributed by atoms with Gasteiger partial charge in [0, 0.05) is 6.04 Å². The second-order valence-corrected chi connectivity index (χ2v) is 4.77. The van der Waals surface area contributed by atoms with Crippen molar-refractivity contribution in [3.8, 4) is 11.5 Å². The number of hydrogen-bond acceptors (Lipinski definition) is 3. The van der Waals surface area contributed by atoms with Crippen LogP contribution in [-0.4, -0.2) is 19.8 Å². The minimum absolute atomic E-state index is 0.185. The fourth-order valence-electron chi connectivity index (χ4n) is 1.62. The molecule has 96 valence electrons. The molecule has 0 heterocycles. The third-order valence-electron chi connectivity index (χ3n) is 2.60. The van der Waals surface area contributed by atoms with E-state index in [2.05, 4.69) is 22.9 Å². The maximum atomic E-state index is 5.96. The summed E-state index contributed by atoms with van der Waals surface area (Å²) in [5.74, 6) is 1.50. The van der Waals surface area contributed by atoms with Crippen LogP contribution in [-0.2, 0) is 6.42 Å². The van der Waals surface area contributed by atoms with E-state index >= 15 is 0 Å². The molecule has 3 nitrogen and oxygen atoms in total. The Morgan fingerprint density at radius 2 is 2.06 bits per heavy atom. The van der Waals surface area contributed by atoms with Crippen LogP contribution in [0.15, 0.2) is 16.6 Å². The first-order valence-electron chi connectivity index (χ1n) is 5.87. The summed E-state index contributed by atoms with van der Waals surface area (Å²) in [7, 11) is 1.65. The van der Waals surface area contributed by atoms with Crippen molar-refractivity contribution in [2.24, 2.45) is 5.73 Å². The average molecular weight is 302 g/mol.